The number of pyridine rings is 1. The van der Waals surface area contributed by atoms with E-state index in [1.165, 1.54) is 48.7 Å². The third kappa shape index (κ3) is 4.22. The Balaban J connectivity index is 1.59. The van der Waals surface area contributed by atoms with Crippen molar-refractivity contribution in [1.82, 2.24) is 9.38 Å². The van der Waals surface area contributed by atoms with Crippen molar-refractivity contribution in [3.8, 4) is 22.5 Å². The number of aromatic nitrogens is 2. The highest BCUT2D eigenvalue weighted by Gasteiger charge is 2.19. The Hall–Kier alpha value is -4.46. The number of fused-ring (bicyclic) bond motifs is 1. The predicted molar refractivity (Wildman–Crippen MR) is 130 cm³/mol. The van der Waals surface area contributed by atoms with Gasteiger partial charge in [0.25, 0.3) is 6.43 Å². The van der Waals surface area contributed by atoms with Gasteiger partial charge in [-0.3, -0.25) is 4.40 Å². The minimum atomic E-state index is -2.76. The molecule has 0 aliphatic rings. The molecule has 3 aromatic carbocycles. The number of nitrogens with zero attached hydrogens (tertiary/aromatic N) is 2. The molecule has 2 heterocycles. The molecule has 0 aliphatic heterocycles. The third-order valence-electron chi connectivity index (χ3n) is 5.83. The van der Waals surface area contributed by atoms with Gasteiger partial charge in [-0.1, -0.05) is 30.8 Å². The summed E-state index contributed by atoms with van der Waals surface area (Å²) >= 11 is 0. The van der Waals surface area contributed by atoms with E-state index < -0.39 is 23.9 Å². The number of nitrogens with one attached hydrogen (secondary N) is 1. The van der Waals surface area contributed by atoms with Crippen molar-refractivity contribution < 1.29 is 22.0 Å². The minimum Gasteiger partial charge on any atom is -0.356 e. The zero-order valence-electron chi connectivity index (χ0n) is 18.7. The molecule has 0 saturated heterocycles. The summed E-state index contributed by atoms with van der Waals surface area (Å²) in [5.41, 5.74) is 2.47. The molecule has 5 aromatic rings. The molecular weight excluding hydrogens is 473 g/mol. The Labute approximate surface area is 203 Å². The fourth-order valence-corrected chi connectivity index (χ4v) is 4.09. The van der Waals surface area contributed by atoms with E-state index in [0.29, 0.717) is 22.3 Å². The Morgan fingerprint density at radius 3 is 2.39 bits per heavy atom. The van der Waals surface area contributed by atoms with Gasteiger partial charge in [0, 0.05) is 34.3 Å². The zero-order valence-corrected chi connectivity index (χ0v) is 18.7. The van der Waals surface area contributed by atoms with Gasteiger partial charge >= 0.3 is 0 Å². The molecule has 0 aliphatic carbocycles. The highest BCUT2D eigenvalue weighted by Crippen LogP contribution is 2.35. The lowest BCUT2D eigenvalue weighted by atomic mass is 9.97. The molecule has 0 spiro atoms. The number of hydrogen-bond donors (Lipinski definition) is 1. The summed E-state index contributed by atoms with van der Waals surface area (Å²) in [6.07, 6.45) is 0.421. The lowest BCUT2D eigenvalue weighted by Crippen LogP contribution is -2.02. The summed E-state index contributed by atoms with van der Waals surface area (Å²) in [4.78, 5) is 4.30. The molecule has 8 heteroatoms. The van der Waals surface area contributed by atoms with Gasteiger partial charge in [-0.05, 0) is 54.1 Å². The van der Waals surface area contributed by atoms with Gasteiger partial charge in [0.05, 0.1) is 17.3 Å². The normalized spacial score (nSPS) is 11.3. The average molecular weight is 491 g/mol. The molecule has 3 nitrogen and oxygen atoms in total. The largest absolute Gasteiger partial charge is 0.356 e. The van der Waals surface area contributed by atoms with Crippen LogP contribution in [0.1, 0.15) is 17.6 Å². The SMILES string of the molecule is C=C(Nc1ccc(F)cc1)c1cc(-c2cccn3c(-c4cccc(F)c4F)ncc23)ccc1C(F)F. The standard InChI is InChI=1S/C28H18F5N3/c1-16(35-19-10-8-18(29)9-11-19)23-14-17(7-12-21(23)27(32)33)20-5-3-13-36-25(20)15-34-28(36)22-4-2-6-24(30)26(22)31/h2-15,27,35H,1H2. The van der Waals surface area contributed by atoms with Crippen LogP contribution in [0.3, 0.4) is 0 Å². The second-order valence-electron chi connectivity index (χ2n) is 8.07. The highest BCUT2D eigenvalue weighted by molar-refractivity contribution is 5.86. The Morgan fingerprint density at radius 1 is 0.889 bits per heavy atom. The number of imidazole rings is 1. The number of rotatable bonds is 6. The van der Waals surface area contributed by atoms with Gasteiger partial charge in [0.15, 0.2) is 11.6 Å². The maximum absolute atomic E-state index is 14.4. The Kier molecular flexibility index (Phi) is 6.01. The number of anilines is 1. The van der Waals surface area contributed by atoms with Gasteiger partial charge in [0.2, 0.25) is 0 Å². The first kappa shape index (κ1) is 23.3. The van der Waals surface area contributed by atoms with Crippen LogP contribution in [0.2, 0.25) is 0 Å². The summed E-state index contributed by atoms with van der Waals surface area (Å²) in [6, 6.07) is 17.2. The van der Waals surface area contributed by atoms with E-state index in [0.717, 1.165) is 6.07 Å². The maximum atomic E-state index is 14.4. The van der Waals surface area contributed by atoms with E-state index in [2.05, 4.69) is 16.9 Å². The summed E-state index contributed by atoms with van der Waals surface area (Å²) in [5.74, 6) is -2.22. The Bertz CT molecular complexity index is 1590. The zero-order chi connectivity index (χ0) is 25.4. The second-order valence-corrected chi connectivity index (χ2v) is 8.07. The monoisotopic (exact) mass is 491 g/mol. The van der Waals surface area contributed by atoms with Crippen LogP contribution in [-0.2, 0) is 0 Å². The summed E-state index contributed by atoms with van der Waals surface area (Å²) in [5, 5.41) is 2.94. The molecule has 36 heavy (non-hydrogen) atoms. The van der Waals surface area contributed by atoms with Gasteiger partial charge < -0.3 is 5.32 Å². The molecular formula is C28H18F5N3. The maximum Gasteiger partial charge on any atom is 0.264 e. The van der Waals surface area contributed by atoms with E-state index in [1.807, 2.05) is 0 Å². The smallest absolute Gasteiger partial charge is 0.264 e. The van der Waals surface area contributed by atoms with E-state index >= 15 is 0 Å². The minimum absolute atomic E-state index is 0.00207. The van der Waals surface area contributed by atoms with Crippen LogP contribution >= 0.6 is 0 Å². The van der Waals surface area contributed by atoms with Crippen LogP contribution in [0.4, 0.5) is 27.6 Å². The highest BCUT2D eigenvalue weighted by atomic mass is 19.3. The van der Waals surface area contributed by atoms with E-state index in [-0.39, 0.29) is 28.2 Å². The first-order valence-corrected chi connectivity index (χ1v) is 10.9. The quantitative estimate of drug-likeness (QED) is 0.243. The van der Waals surface area contributed by atoms with Crippen LogP contribution in [0, 0.1) is 17.5 Å². The van der Waals surface area contributed by atoms with E-state index in [1.54, 1.807) is 34.9 Å². The van der Waals surface area contributed by atoms with Gasteiger partial charge in [0.1, 0.15) is 11.6 Å². The first-order chi connectivity index (χ1) is 17.3. The average Bonchev–Trinajstić information content (AvgIpc) is 3.31. The van der Waals surface area contributed by atoms with Gasteiger partial charge in [-0.2, -0.15) is 0 Å². The van der Waals surface area contributed by atoms with Crippen molar-refractivity contribution in [1.29, 1.82) is 0 Å². The fraction of sp³-hybridized carbons (Fsp3) is 0.0357. The summed E-state index contributed by atoms with van der Waals surface area (Å²) in [7, 11) is 0. The summed E-state index contributed by atoms with van der Waals surface area (Å²) in [6.45, 7) is 3.91. The second kappa shape index (κ2) is 9.30. The van der Waals surface area contributed by atoms with E-state index in [9.17, 15) is 22.0 Å². The molecule has 2 aromatic heterocycles. The lowest BCUT2D eigenvalue weighted by molar-refractivity contribution is 0.151. The molecule has 0 amide bonds. The van der Waals surface area contributed by atoms with Crippen molar-refractivity contribution in [2.45, 2.75) is 6.43 Å². The molecule has 0 fully saturated rings. The molecule has 0 radical (unpaired) electrons. The van der Waals surface area contributed by atoms with Crippen LogP contribution < -0.4 is 5.32 Å². The molecule has 0 unspecified atom stereocenters. The topological polar surface area (TPSA) is 29.3 Å². The molecule has 0 bridgehead atoms. The molecule has 5 rings (SSSR count). The van der Waals surface area contributed by atoms with Crippen molar-refractivity contribution in [2.75, 3.05) is 5.32 Å². The molecule has 1 N–H and O–H groups in total. The van der Waals surface area contributed by atoms with Crippen molar-refractivity contribution in [2.24, 2.45) is 0 Å². The molecule has 180 valence electrons. The summed E-state index contributed by atoms with van der Waals surface area (Å²) < 4.78 is 70.8. The Morgan fingerprint density at radius 2 is 1.64 bits per heavy atom. The van der Waals surface area contributed by atoms with E-state index in [4.69, 9.17) is 0 Å². The van der Waals surface area contributed by atoms with Crippen LogP contribution in [0.25, 0.3) is 33.7 Å². The third-order valence-corrected chi connectivity index (χ3v) is 5.83. The van der Waals surface area contributed by atoms with Crippen LogP contribution in [0.15, 0.2) is 91.8 Å². The number of benzene rings is 3. The van der Waals surface area contributed by atoms with Crippen molar-refractivity contribution >= 4 is 16.9 Å². The lowest BCUT2D eigenvalue weighted by Gasteiger charge is -2.16. The first-order valence-electron chi connectivity index (χ1n) is 10.9. The molecule has 0 saturated carbocycles. The van der Waals surface area contributed by atoms with Crippen LogP contribution in [-0.4, -0.2) is 9.38 Å². The fourth-order valence-electron chi connectivity index (χ4n) is 4.09. The van der Waals surface area contributed by atoms with Crippen molar-refractivity contribution in [3.63, 3.8) is 0 Å². The van der Waals surface area contributed by atoms with Crippen molar-refractivity contribution in [3.05, 3.63) is 120 Å². The number of hydrogen-bond acceptors (Lipinski definition) is 2. The number of alkyl halides is 2. The van der Waals surface area contributed by atoms with Gasteiger partial charge in [-0.15, -0.1) is 0 Å². The predicted octanol–water partition coefficient (Wildman–Crippen LogP) is 8.11. The van der Waals surface area contributed by atoms with Crippen LogP contribution in [0.5, 0.6) is 0 Å². The van der Waals surface area contributed by atoms with Gasteiger partial charge in [-0.25, -0.2) is 26.9 Å². The molecule has 0 atom stereocenters. The number of halogens is 5.